The summed E-state index contributed by atoms with van der Waals surface area (Å²) in [5, 5.41) is 16.4. The third kappa shape index (κ3) is 3.76. The van der Waals surface area contributed by atoms with Crippen LogP contribution < -0.4 is 0 Å². The van der Waals surface area contributed by atoms with Gasteiger partial charge in [0, 0.05) is 32.3 Å². The number of hydrogen-bond acceptors (Lipinski definition) is 5. The highest BCUT2D eigenvalue weighted by Crippen LogP contribution is 2.24. The normalized spacial score (nSPS) is 17.1. The van der Waals surface area contributed by atoms with Crippen LogP contribution in [0.5, 0.6) is 0 Å². The molecule has 0 radical (unpaired) electrons. The molecule has 0 spiro atoms. The number of ketones is 1. The van der Waals surface area contributed by atoms with E-state index in [1.807, 2.05) is 0 Å². The molecule has 1 aliphatic rings. The van der Waals surface area contributed by atoms with Gasteiger partial charge >= 0.3 is 5.97 Å². The first-order chi connectivity index (χ1) is 12.8. The second-order valence-corrected chi connectivity index (χ2v) is 7.07. The van der Waals surface area contributed by atoms with E-state index in [0.29, 0.717) is 42.1 Å². The summed E-state index contributed by atoms with van der Waals surface area (Å²) in [6.45, 7) is 6.79. The largest absolute Gasteiger partial charge is 0.476 e. The number of aromatic nitrogens is 4. The number of carbonyl (C=O) groups excluding carboxylic acids is 2. The first-order valence-corrected chi connectivity index (χ1v) is 8.90. The molecule has 1 aliphatic heterocycles. The number of likely N-dealkylation sites (tertiary alicyclic amines) is 1. The highest BCUT2D eigenvalue weighted by molar-refractivity contribution is 6.02. The molecule has 0 unspecified atom stereocenters. The summed E-state index contributed by atoms with van der Waals surface area (Å²) in [4.78, 5) is 40.5. The lowest BCUT2D eigenvalue weighted by Crippen LogP contribution is -2.41. The van der Waals surface area contributed by atoms with E-state index in [1.165, 1.54) is 17.8 Å². The number of aryl methyl sites for hydroxylation is 1. The average molecular weight is 373 g/mol. The number of aromatic amines is 1. The Morgan fingerprint density at radius 2 is 2.07 bits per heavy atom. The topological polar surface area (TPSA) is 121 Å². The minimum Gasteiger partial charge on any atom is -0.476 e. The third-order valence-corrected chi connectivity index (χ3v) is 5.01. The third-order valence-electron chi connectivity index (χ3n) is 5.01. The smallest absolute Gasteiger partial charge is 0.358 e. The number of nitrogens with zero attached hydrogens (tertiary/aromatic N) is 4. The predicted molar refractivity (Wildman–Crippen MR) is 95.9 cm³/mol. The van der Waals surface area contributed by atoms with Crippen molar-refractivity contribution in [3.05, 3.63) is 34.4 Å². The summed E-state index contributed by atoms with van der Waals surface area (Å²) in [6, 6.07) is 0. The molecule has 144 valence electrons. The van der Waals surface area contributed by atoms with Gasteiger partial charge < -0.3 is 15.0 Å². The minimum absolute atomic E-state index is 0.0803. The molecule has 3 heterocycles. The van der Waals surface area contributed by atoms with Crippen molar-refractivity contribution in [2.45, 2.75) is 40.2 Å². The van der Waals surface area contributed by atoms with Gasteiger partial charge in [-0.3, -0.25) is 14.3 Å². The lowest BCUT2D eigenvalue weighted by Gasteiger charge is -2.33. The van der Waals surface area contributed by atoms with Gasteiger partial charge in [0.1, 0.15) is 0 Å². The maximum Gasteiger partial charge on any atom is 0.358 e. The summed E-state index contributed by atoms with van der Waals surface area (Å²) < 4.78 is 1.52. The Balaban J connectivity index is 1.73. The molecule has 0 bridgehead atoms. The molecule has 0 aliphatic carbocycles. The number of carboxylic acids is 1. The molecule has 9 heteroatoms. The monoisotopic (exact) mass is 373 g/mol. The second-order valence-electron chi connectivity index (χ2n) is 7.07. The Labute approximate surface area is 156 Å². The van der Waals surface area contributed by atoms with Crippen molar-refractivity contribution < 1.29 is 19.5 Å². The number of carbonyl (C=O) groups is 3. The first kappa shape index (κ1) is 18.8. The number of carboxylic acid groups (broad SMARTS) is 1. The number of piperidine rings is 1. The molecule has 1 saturated heterocycles. The van der Waals surface area contributed by atoms with Gasteiger partial charge in [0.05, 0.1) is 17.5 Å². The van der Waals surface area contributed by atoms with Crippen molar-refractivity contribution in [2.24, 2.45) is 5.92 Å². The number of aromatic carboxylic acids is 1. The van der Waals surface area contributed by atoms with Crippen LogP contribution in [0, 0.1) is 19.8 Å². The molecular weight excluding hydrogens is 350 g/mol. The van der Waals surface area contributed by atoms with Crippen molar-refractivity contribution >= 4 is 17.7 Å². The molecule has 1 fully saturated rings. The van der Waals surface area contributed by atoms with Gasteiger partial charge in [-0.1, -0.05) is 5.21 Å². The van der Waals surface area contributed by atoms with Crippen molar-refractivity contribution in [1.82, 2.24) is 24.9 Å². The molecule has 27 heavy (non-hydrogen) atoms. The Hall–Kier alpha value is -2.97. The Bertz CT molecular complexity index is 898. The van der Waals surface area contributed by atoms with Crippen LogP contribution in [-0.4, -0.2) is 60.7 Å². The van der Waals surface area contributed by atoms with Crippen molar-refractivity contribution in [1.29, 1.82) is 0 Å². The van der Waals surface area contributed by atoms with Crippen molar-refractivity contribution in [3.8, 4) is 0 Å². The molecule has 2 aromatic heterocycles. The zero-order valence-electron chi connectivity index (χ0n) is 15.7. The van der Waals surface area contributed by atoms with E-state index in [4.69, 9.17) is 5.11 Å². The number of hydrogen-bond donors (Lipinski definition) is 2. The first-order valence-electron chi connectivity index (χ1n) is 8.90. The zero-order valence-corrected chi connectivity index (χ0v) is 15.7. The van der Waals surface area contributed by atoms with Gasteiger partial charge in [-0.25, -0.2) is 4.79 Å². The molecule has 9 nitrogen and oxygen atoms in total. The highest BCUT2D eigenvalue weighted by Gasteiger charge is 2.29. The number of Topliss-reactive ketones (excluding diaryl/α,β-unsaturated/α-hetero) is 1. The fraction of sp³-hybridized carbons (Fsp3) is 0.500. The standard InChI is InChI=1S/C18H23N5O4/c1-10-15(11(2)19-16(10)12(3)24)17(25)22-6-4-5-13(7-22)8-23-9-14(18(26)27)20-21-23/h9,13,19H,4-8H2,1-3H3,(H,26,27)/t13-/m1/s1. The van der Waals surface area contributed by atoms with Gasteiger partial charge in [-0.15, -0.1) is 5.10 Å². The maximum absolute atomic E-state index is 13.1. The van der Waals surface area contributed by atoms with E-state index in [0.717, 1.165) is 12.8 Å². The number of amides is 1. The van der Waals surface area contributed by atoms with Crippen LogP contribution in [0.25, 0.3) is 0 Å². The Morgan fingerprint density at radius 1 is 1.33 bits per heavy atom. The minimum atomic E-state index is -1.11. The Kier molecular flexibility index (Phi) is 5.11. The fourth-order valence-electron chi connectivity index (χ4n) is 3.73. The van der Waals surface area contributed by atoms with Gasteiger partial charge in [-0.2, -0.15) is 0 Å². The molecular formula is C18H23N5O4. The highest BCUT2D eigenvalue weighted by atomic mass is 16.4. The van der Waals surface area contributed by atoms with E-state index < -0.39 is 5.97 Å². The van der Waals surface area contributed by atoms with Crippen LogP contribution in [0.2, 0.25) is 0 Å². The summed E-state index contributed by atoms with van der Waals surface area (Å²) in [7, 11) is 0. The van der Waals surface area contributed by atoms with E-state index in [9.17, 15) is 14.4 Å². The molecule has 1 atom stereocenters. The molecule has 2 aromatic rings. The summed E-state index contributed by atoms with van der Waals surface area (Å²) in [5.74, 6) is -1.12. The van der Waals surface area contributed by atoms with Crippen LogP contribution in [0.4, 0.5) is 0 Å². The van der Waals surface area contributed by atoms with Gasteiger partial charge in [0.15, 0.2) is 11.5 Å². The van der Waals surface area contributed by atoms with E-state index >= 15 is 0 Å². The van der Waals surface area contributed by atoms with Crippen LogP contribution in [0.1, 0.15) is 62.4 Å². The van der Waals surface area contributed by atoms with E-state index in [-0.39, 0.29) is 23.3 Å². The van der Waals surface area contributed by atoms with E-state index in [1.54, 1.807) is 18.7 Å². The fourth-order valence-corrected chi connectivity index (χ4v) is 3.73. The molecule has 2 N–H and O–H groups in total. The maximum atomic E-state index is 13.1. The van der Waals surface area contributed by atoms with Crippen LogP contribution in [0.15, 0.2) is 6.20 Å². The lowest BCUT2D eigenvalue weighted by molar-refractivity contribution is 0.0657. The van der Waals surface area contributed by atoms with Crippen LogP contribution in [-0.2, 0) is 6.54 Å². The second kappa shape index (κ2) is 7.34. The SMILES string of the molecule is CC(=O)c1[nH]c(C)c(C(=O)N2CCC[C@@H](Cn3cc(C(=O)O)nn3)C2)c1C. The lowest BCUT2D eigenvalue weighted by atomic mass is 9.96. The van der Waals surface area contributed by atoms with E-state index in [2.05, 4.69) is 15.3 Å². The van der Waals surface area contributed by atoms with Crippen LogP contribution >= 0.6 is 0 Å². The van der Waals surface area contributed by atoms with Gasteiger partial charge in [0.25, 0.3) is 5.91 Å². The average Bonchev–Trinajstić information content (AvgIpc) is 3.19. The Morgan fingerprint density at radius 3 is 2.67 bits per heavy atom. The number of H-pyrrole nitrogens is 1. The summed E-state index contributed by atoms with van der Waals surface area (Å²) in [5.41, 5.74) is 2.35. The van der Waals surface area contributed by atoms with Gasteiger partial charge in [0.2, 0.25) is 0 Å². The molecule has 3 rings (SSSR count). The van der Waals surface area contributed by atoms with Crippen LogP contribution in [0.3, 0.4) is 0 Å². The molecule has 0 saturated carbocycles. The van der Waals surface area contributed by atoms with Crippen molar-refractivity contribution in [3.63, 3.8) is 0 Å². The zero-order chi connectivity index (χ0) is 19.7. The number of nitrogens with one attached hydrogen (secondary N) is 1. The quantitative estimate of drug-likeness (QED) is 0.769. The van der Waals surface area contributed by atoms with Gasteiger partial charge in [-0.05, 0) is 38.2 Å². The number of rotatable bonds is 5. The predicted octanol–water partition coefficient (Wildman–Crippen LogP) is 1.68. The summed E-state index contributed by atoms with van der Waals surface area (Å²) >= 11 is 0. The summed E-state index contributed by atoms with van der Waals surface area (Å²) in [6.07, 6.45) is 3.19. The molecule has 0 aromatic carbocycles. The van der Waals surface area contributed by atoms with Crippen molar-refractivity contribution in [2.75, 3.05) is 13.1 Å². The molecule has 1 amide bonds.